The predicted octanol–water partition coefficient (Wildman–Crippen LogP) is 3.34. The van der Waals surface area contributed by atoms with Gasteiger partial charge in [-0.25, -0.2) is 4.98 Å². The van der Waals surface area contributed by atoms with E-state index in [4.69, 9.17) is 0 Å². The molecule has 0 aliphatic carbocycles. The Balaban J connectivity index is 1.56. The van der Waals surface area contributed by atoms with E-state index >= 15 is 0 Å². The second kappa shape index (κ2) is 7.17. The molecule has 4 rings (SSSR count). The van der Waals surface area contributed by atoms with Gasteiger partial charge in [0.1, 0.15) is 11.6 Å². The van der Waals surface area contributed by atoms with E-state index in [1.807, 2.05) is 34.5 Å². The Bertz CT molecular complexity index is 778. The highest BCUT2D eigenvalue weighted by atomic mass is 32.2. The van der Waals surface area contributed by atoms with Gasteiger partial charge in [0.15, 0.2) is 0 Å². The first-order valence-corrected chi connectivity index (χ1v) is 10.3. The smallest absolute Gasteiger partial charge is 0.243 e. The Labute approximate surface area is 155 Å². The summed E-state index contributed by atoms with van der Waals surface area (Å²) in [6, 6.07) is 7.84. The number of amides is 2. The molecule has 25 heavy (non-hydrogen) atoms. The molecule has 2 amide bonds. The number of hydrogen-bond acceptors (Lipinski definition) is 5. The van der Waals surface area contributed by atoms with Crippen LogP contribution in [-0.4, -0.2) is 40.5 Å². The van der Waals surface area contributed by atoms with E-state index in [2.05, 4.69) is 4.98 Å². The molecule has 0 N–H and O–H groups in total. The zero-order valence-corrected chi connectivity index (χ0v) is 15.4. The number of rotatable bonds is 3. The lowest BCUT2D eigenvalue weighted by Crippen LogP contribution is -2.47. The lowest BCUT2D eigenvalue weighted by atomic mass is 10.0. The van der Waals surface area contributed by atoms with Crippen LogP contribution in [0.3, 0.4) is 0 Å². The summed E-state index contributed by atoms with van der Waals surface area (Å²) in [4.78, 5) is 34.5. The zero-order chi connectivity index (χ0) is 17.2. The third-order valence-corrected chi connectivity index (χ3v) is 6.59. The van der Waals surface area contributed by atoms with Crippen LogP contribution >= 0.6 is 23.1 Å². The quantitative estimate of drug-likeness (QED) is 0.828. The van der Waals surface area contributed by atoms with Crippen molar-refractivity contribution in [2.75, 3.05) is 23.7 Å². The van der Waals surface area contributed by atoms with Crippen molar-refractivity contribution in [3.63, 3.8) is 0 Å². The number of carbonyl (C=O) groups excluding carboxylic acids is 2. The molecule has 0 saturated carbocycles. The molecule has 5 nitrogen and oxygen atoms in total. The second-order valence-electron chi connectivity index (χ2n) is 6.21. The molecule has 2 aromatic rings. The summed E-state index contributed by atoms with van der Waals surface area (Å²) in [5, 5.41) is 2.95. The molecule has 1 atom stereocenters. The summed E-state index contributed by atoms with van der Waals surface area (Å²) in [6.45, 7) is 0.847. The number of likely N-dealkylation sites (tertiary alicyclic amines) is 1. The predicted molar refractivity (Wildman–Crippen MR) is 99.9 cm³/mol. The summed E-state index contributed by atoms with van der Waals surface area (Å²) < 4.78 is 0. The van der Waals surface area contributed by atoms with Crippen LogP contribution < -0.4 is 4.90 Å². The lowest BCUT2D eigenvalue weighted by Gasteiger charge is -2.37. The summed E-state index contributed by atoms with van der Waals surface area (Å²) in [7, 11) is 0. The van der Waals surface area contributed by atoms with E-state index in [0.717, 1.165) is 41.4 Å². The highest BCUT2D eigenvalue weighted by Crippen LogP contribution is 2.36. The molecule has 1 aromatic heterocycles. The van der Waals surface area contributed by atoms with E-state index in [1.165, 1.54) is 11.8 Å². The number of thioether (sulfide) groups is 1. The molecule has 1 saturated heterocycles. The SMILES string of the molecule is O=C1CSc2ccccc2N1CC(=O)N1CCCCC1c1nccs1. The Morgan fingerprint density at radius 1 is 1.28 bits per heavy atom. The molecule has 130 valence electrons. The Morgan fingerprint density at radius 2 is 2.16 bits per heavy atom. The van der Waals surface area contributed by atoms with Crippen LogP contribution in [0.1, 0.15) is 30.3 Å². The number of piperidine rings is 1. The molecule has 0 radical (unpaired) electrons. The Kier molecular flexibility index (Phi) is 4.76. The van der Waals surface area contributed by atoms with Crippen LogP contribution in [0.5, 0.6) is 0 Å². The fraction of sp³-hybridized carbons (Fsp3) is 0.389. The molecule has 1 aromatic carbocycles. The van der Waals surface area contributed by atoms with Gasteiger partial charge in [0.2, 0.25) is 11.8 Å². The number of para-hydroxylation sites is 1. The minimum Gasteiger partial charge on any atom is -0.332 e. The number of aromatic nitrogens is 1. The van der Waals surface area contributed by atoms with Crippen LogP contribution in [0, 0.1) is 0 Å². The highest BCUT2D eigenvalue weighted by Gasteiger charge is 2.33. The lowest BCUT2D eigenvalue weighted by molar-refractivity contribution is -0.134. The number of hydrogen-bond donors (Lipinski definition) is 0. The van der Waals surface area contributed by atoms with E-state index in [9.17, 15) is 9.59 Å². The average Bonchev–Trinajstić information content (AvgIpc) is 3.18. The molecule has 2 aliphatic rings. The van der Waals surface area contributed by atoms with E-state index in [0.29, 0.717) is 5.75 Å². The maximum Gasteiger partial charge on any atom is 0.243 e. The van der Waals surface area contributed by atoms with Gasteiger partial charge < -0.3 is 9.80 Å². The normalized spacial score (nSPS) is 20.5. The number of benzene rings is 1. The van der Waals surface area contributed by atoms with Gasteiger partial charge in [-0.2, -0.15) is 0 Å². The number of thiazole rings is 1. The van der Waals surface area contributed by atoms with Gasteiger partial charge in [0, 0.05) is 23.0 Å². The van der Waals surface area contributed by atoms with Crippen molar-refractivity contribution in [3.05, 3.63) is 40.8 Å². The molecule has 3 heterocycles. The van der Waals surface area contributed by atoms with Crippen LogP contribution in [0.25, 0.3) is 0 Å². The van der Waals surface area contributed by atoms with Crippen LogP contribution in [-0.2, 0) is 9.59 Å². The average molecular weight is 374 g/mol. The summed E-state index contributed by atoms with van der Waals surface area (Å²) in [5.74, 6) is 0.398. The Morgan fingerprint density at radius 3 is 3.00 bits per heavy atom. The van der Waals surface area contributed by atoms with Crippen molar-refractivity contribution in [1.29, 1.82) is 0 Å². The molecule has 1 fully saturated rings. The first-order valence-electron chi connectivity index (χ1n) is 8.45. The number of fused-ring (bicyclic) bond motifs is 1. The van der Waals surface area contributed by atoms with Crippen molar-refractivity contribution in [2.24, 2.45) is 0 Å². The Hall–Kier alpha value is -1.86. The molecule has 0 bridgehead atoms. The monoisotopic (exact) mass is 373 g/mol. The fourth-order valence-corrected chi connectivity index (χ4v) is 5.16. The van der Waals surface area contributed by atoms with E-state index in [1.54, 1.807) is 22.4 Å². The number of nitrogens with zero attached hydrogens (tertiary/aromatic N) is 3. The van der Waals surface area contributed by atoms with Gasteiger partial charge in [0.05, 0.1) is 17.5 Å². The van der Waals surface area contributed by atoms with Crippen molar-refractivity contribution < 1.29 is 9.59 Å². The molecular formula is C18H19N3O2S2. The molecule has 7 heteroatoms. The van der Waals surface area contributed by atoms with Gasteiger partial charge in [-0.1, -0.05) is 12.1 Å². The van der Waals surface area contributed by atoms with Crippen molar-refractivity contribution in [1.82, 2.24) is 9.88 Å². The first kappa shape index (κ1) is 16.6. The number of carbonyl (C=O) groups is 2. The molecule has 2 aliphatic heterocycles. The standard InChI is InChI=1S/C18H19N3O2S2/c22-16(20-9-4-3-6-14(20)18-19-8-10-24-18)11-21-13-5-1-2-7-15(13)25-12-17(21)23/h1-2,5,7-8,10,14H,3-4,6,9,11-12H2. The molecule has 0 spiro atoms. The maximum atomic E-state index is 13.0. The molecule has 1 unspecified atom stereocenters. The second-order valence-corrected chi connectivity index (χ2v) is 8.15. The van der Waals surface area contributed by atoms with Crippen molar-refractivity contribution in [3.8, 4) is 0 Å². The minimum atomic E-state index is -0.000131. The fourth-order valence-electron chi connectivity index (χ4n) is 3.44. The third kappa shape index (κ3) is 3.30. The molecular weight excluding hydrogens is 354 g/mol. The largest absolute Gasteiger partial charge is 0.332 e. The van der Waals surface area contributed by atoms with Gasteiger partial charge in [-0.15, -0.1) is 23.1 Å². The van der Waals surface area contributed by atoms with Crippen LogP contribution in [0.4, 0.5) is 5.69 Å². The maximum absolute atomic E-state index is 13.0. The highest BCUT2D eigenvalue weighted by molar-refractivity contribution is 8.00. The van der Waals surface area contributed by atoms with Crippen molar-refractivity contribution >= 4 is 40.6 Å². The van der Waals surface area contributed by atoms with E-state index < -0.39 is 0 Å². The van der Waals surface area contributed by atoms with E-state index in [-0.39, 0.29) is 24.4 Å². The first-order chi connectivity index (χ1) is 12.2. The third-order valence-electron chi connectivity index (χ3n) is 4.66. The van der Waals surface area contributed by atoms with Gasteiger partial charge >= 0.3 is 0 Å². The zero-order valence-electron chi connectivity index (χ0n) is 13.8. The summed E-state index contributed by atoms with van der Waals surface area (Å²) in [6.07, 6.45) is 4.85. The topological polar surface area (TPSA) is 53.5 Å². The van der Waals surface area contributed by atoms with Crippen molar-refractivity contribution in [2.45, 2.75) is 30.2 Å². The number of anilines is 1. The minimum absolute atomic E-state index is 0.000131. The van der Waals surface area contributed by atoms with Crippen LogP contribution in [0.15, 0.2) is 40.7 Å². The van der Waals surface area contributed by atoms with Crippen LogP contribution in [0.2, 0.25) is 0 Å². The summed E-state index contributed by atoms with van der Waals surface area (Å²) >= 11 is 3.13. The van der Waals surface area contributed by atoms with Gasteiger partial charge in [-0.3, -0.25) is 9.59 Å². The van der Waals surface area contributed by atoms with Gasteiger partial charge in [-0.05, 0) is 31.4 Å². The van der Waals surface area contributed by atoms with Gasteiger partial charge in [0.25, 0.3) is 0 Å². The summed E-state index contributed by atoms with van der Waals surface area (Å²) in [5.41, 5.74) is 0.847.